The van der Waals surface area contributed by atoms with E-state index in [1.807, 2.05) is 7.05 Å². The summed E-state index contributed by atoms with van der Waals surface area (Å²) in [6.07, 6.45) is -3.76. The Morgan fingerprint density at radius 1 is 1.06 bits per heavy atom. The van der Waals surface area contributed by atoms with Gasteiger partial charge in [-0.05, 0) is 71.3 Å². The first-order valence-corrected chi connectivity index (χ1v) is 11.5. The molecule has 3 rings (SSSR count). The maximum absolute atomic E-state index is 13.5. The number of piperidine rings is 1. The molecule has 7 nitrogen and oxygen atoms in total. The number of benzene rings is 1. The summed E-state index contributed by atoms with van der Waals surface area (Å²) in [5.41, 5.74) is -0.466. The quantitative estimate of drug-likeness (QED) is 0.583. The molecule has 0 bridgehead atoms. The molecular formula is C24H33F3N2O5. The van der Waals surface area contributed by atoms with Crippen LogP contribution < -0.4 is 4.90 Å². The van der Waals surface area contributed by atoms with Gasteiger partial charge in [0.25, 0.3) is 0 Å². The molecule has 1 aromatic carbocycles. The number of nitrogens with zero attached hydrogens (tertiary/aromatic N) is 2. The van der Waals surface area contributed by atoms with E-state index in [1.54, 1.807) is 20.8 Å². The molecule has 0 aliphatic carbocycles. The molecule has 2 atom stereocenters. The number of carbonyl (C=O) groups is 2. The molecule has 0 radical (unpaired) electrons. The Morgan fingerprint density at radius 2 is 1.68 bits per heavy atom. The van der Waals surface area contributed by atoms with Gasteiger partial charge in [-0.3, -0.25) is 4.79 Å². The fraction of sp³-hybridized carbons (Fsp3) is 0.667. The molecule has 1 amide bonds. The molecule has 0 N–H and O–H groups in total. The predicted octanol–water partition coefficient (Wildman–Crippen LogP) is 4.15. The highest BCUT2D eigenvalue weighted by atomic mass is 19.4. The minimum Gasteiger partial charge on any atom is -0.456 e. The third-order valence-corrected chi connectivity index (χ3v) is 5.84. The van der Waals surface area contributed by atoms with Crippen molar-refractivity contribution in [1.82, 2.24) is 4.90 Å². The van der Waals surface area contributed by atoms with Gasteiger partial charge < -0.3 is 24.0 Å². The molecule has 1 aromatic rings. The maximum Gasteiger partial charge on any atom is 0.471 e. The molecule has 0 aromatic heterocycles. The van der Waals surface area contributed by atoms with Gasteiger partial charge in [0.1, 0.15) is 5.60 Å². The standard InChI is InChI=1S/C24H33F3N2O5/c1-23(2,3)34-21(30)16-5-7-17(8-6-16)29(22(31)24(25,26)27)18-11-14-32-20(15-18)33-19-9-12-28(4)13-10-19/h5-8,18-20H,9-15H2,1-4H3. The van der Waals surface area contributed by atoms with E-state index in [-0.39, 0.29) is 36.8 Å². The molecular weight excluding hydrogens is 453 g/mol. The zero-order valence-corrected chi connectivity index (χ0v) is 20.1. The number of hydrogen-bond donors (Lipinski definition) is 0. The number of ether oxygens (including phenoxy) is 3. The third-order valence-electron chi connectivity index (χ3n) is 5.84. The zero-order chi connectivity index (χ0) is 25.1. The summed E-state index contributed by atoms with van der Waals surface area (Å²) in [4.78, 5) is 27.6. The minimum absolute atomic E-state index is 0.0279. The molecule has 10 heteroatoms. The van der Waals surface area contributed by atoms with Crippen LogP contribution in [-0.2, 0) is 19.0 Å². The van der Waals surface area contributed by atoms with Gasteiger partial charge in [0.2, 0.25) is 0 Å². The topological polar surface area (TPSA) is 68.3 Å². The number of rotatable bonds is 5. The van der Waals surface area contributed by atoms with Crippen LogP contribution in [0.5, 0.6) is 0 Å². The molecule has 2 fully saturated rings. The number of alkyl halides is 3. The van der Waals surface area contributed by atoms with Crippen LogP contribution in [-0.4, -0.2) is 73.7 Å². The van der Waals surface area contributed by atoms with E-state index >= 15 is 0 Å². The Hall–Kier alpha value is -2.17. The smallest absolute Gasteiger partial charge is 0.456 e. The van der Waals surface area contributed by atoms with Crippen molar-refractivity contribution in [2.45, 2.75) is 76.7 Å². The summed E-state index contributed by atoms with van der Waals surface area (Å²) in [5, 5.41) is 0. The number of carbonyl (C=O) groups excluding carboxylic acids is 2. The maximum atomic E-state index is 13.5. The van der Waals surface area contributed by atoms with Crippen LogP contribution in [0, 0.1) is 0 Å². The van der Waals surface area contributed by atoms with E-state index in [9.17, 15) is 22.8 Å². The molecule has 34 heavy (non-hydrogen) atoms. The van der Waals surface area contributed by atoms with Crippen molar-refractivity contribution < 1.29 is 37.0 Å². The van der Waals surface area contributed by atoms with Crippen molar-refractivity contribution in [1.29, 1.82) is 0 Å². The van der Waals surface area contributed by atoms with E-state index in [0.717, 1.165) is 30.8 Å². The molecule has 2 aliphatic rings. The van der Waals surface area contributed by atoms with Crippen LogP contribution in [0.1, 0.15) is 56.8 Å². The van der Waals surface area contributed by atoms with Gasteiger partial charge in [-0.1, -0.05) is 0 Å². The first-order chi connectivity index (χ1) is 15.8. The Labute approximate surface area is 198 Å². The lowest BCUT2D eigenvalue weighted by Crippen LogP contribution is -2.51. The number of hydrogen-bond acceptors (Lipinski definition) is 6. The van der Waals surface area contributed by atoms with Crippen molar-refractivity contribution in [2.75, 3.05) is 31.6 Å². The van der Waals surface area contributed by atoms with Crippen molar-refractivity contribution in [3.63, 3.8) is 0 Å². The fourth-order valence-corrected chi connectivity index (χ4v) is 4.13. The van der Waals surface area contributed by atoms with Crippen molar-refractivity contribution in [2.24, 2.45) is 0 Å². The second-order valence-electron chi connectivity index (χ2n) is 9.84. The predicted molar refractivity (Wildman–Crippen MR) is 120 cm³/mol. The second kappa shape index (κ2) is 10.6. The van der Waals surface area contributed by atoms with Crippen LogP contribution >= 0.6 is 0 Å². The average Bonchev–Trinajstić information content (AvgIpc) is 2.74. The Bertz CT molecular complexity index is 846. The highest BCUT2D eigenvalue weighted by Gasteiger charge is 2.46. The average molecular weight is 487 g/mol. The van der Waals surface area contributed by atoms with Gasteiger partial charge >= 0.3 is 18.1 Å². The minimum atomic E-state index is -5.05. The summed E-state index contributed by atoms with van der Waals surface area (Å²) in [5.74, 6) is -2.55. The summed E-state index contributed by atoms with van der Waals surface area (Å²) < 4.78 is 57.5. The molecule has 0 spiro atoms. The van der Waals surface area contributed by atoms with Crippen LogP contribution in [0.15, 0.2) is 24.3 Å². The number of halogens is 3. The lowest BCUT2D eigenvalue weighted by atomic mass is 10.0. The normalized spacial score (nSPS) is 22.9. The number of anilines is 1. The first-order valence-electron chi connectivity index (χ1n) is 11.5. The SMILES string of the molecule is CN1CCC(OC2CC(N(C(=O)C(F)(F)F)c3ccc(C(=O)OC(C)(C)C)cc3)CCO2)CC1. The van der Waals surface area contributed by atoms with Crippen molar-refractivity contribution >= 4 is 17.6 Å². The summed E-state index contributed by atoms with van der Waals surface area (Å²) in [6.45, 7) is 7.10. The lowest BCUT2D eigenvalue weighted by Gasteiger charge is -2.39. The number of amides is 1. The molecule has 2 unspecified atom stereocenters. The highest BCUT2D eigenvalue weighted by molar-refractivity contribution is 5.98. The first kappa shape index (κ1) is 26.4. The molecule has 190 valence electrons. The van der Waals surface area contributed by atoms with Crippen molar-refractivity contribution in [3.8, 4) is 0 Å². The van der Waals surface area contributed by atoms with Gasteiger partial charge in [-0.2, -0.15) is 13.2 Å². The van der Waals surface area contributed by atoms with E-state index < -0.39 is 36.0 Å². The third kappa shape index (κ3) is 7.16. The zero-order valence-electron chi connectivity index (χ0n) is 20.1. The largest absolute Gasteiger partial charge is 0.471 e. The number of esters is 1. The van der Waals surface area contributed by atoms with Gasteiger partial charge in [-0.15, -0.1) is 0 Å². The molecule has 0 saturated carbocycles. The number of likely N-dealkylation sites (tertiary alicyclic amines) is 1. The second-order valence-corrected chi connectivity index (χ2v) is 9.84. The molecule has 2 heterocycles. The molecule has 2 aliphatic heterocycles. The summed E-state index contributed by atoms with van der Waals surface area (Å²) >= 11 is 0. The van der Waals surface area contributed by atoms with E-state index in [0.29, 0.717) is 0 Å². The van der Waals surface area contributed by atoms with E-state index in [4.69, 9.17) is 14.2 Å². The van der Waals surface area contributed by atoms with Gasteiger partial charge in [0, 0.05) is 31.2 Å². The Kier molecular flexibility index (Phi) is 8.26. The van der Waals surface area contributed by atoms with Gasteiger partial charge in [0.05, 0.1) is 18.3 Å². The Balaban J connectivity index is 1.76. The van der Waals surface area contributed by atoms with Crippen LogP contribution in [0.4, 0.5) is 18.9 Å². The van der Waals surface area contributed by atoms with Crippen molar-refractivity contribution in [3.05, 3.63) is 29.8 Å². The van der Waals surface area contributed by atoms with Gasteiger partial charge in [-0.25, -0.2) is 4.79 Å². The summed E-state index contributed by atoms with van der Waals surface area (Å²) in [6, 6.07) is 4.65. The van der Waals surface area contributed by atoms with E-state index in [2.05, 4.69) is 4.90 Å². The molecule has 2 saturated heterocycles. The Morgan fingerprint density at radius 3 is 2.24 bits per heavy atom. The van der Waals surface area contributed by atoms with Crippen LogP contribution in [0.3, 0.4) is 0 Å². The highest BCUT2D eigenvalue weighted by Crippen LogP contribution is 2.32. The van der Waals surface area contributed by atoms with Gasteiger partial charge in [0.15, 0.2) is 6.29 Å². The lowest BCUT2D eigenvalue weighted by molar-refractivity contribution is -0.200. The van der Waals surface area contributed by atoms with Crippen LogP contribution in [0.25, 0.3) is 0 Å². The van der Waals surface area contributed by atoms with E-state index in [1.165, 1.54) is 24.3 Å². The summed E-state index contributed by atoms with van der Waals surface area (Å²) in [7, 11) is 2.03. The monoisotopic (exact) mass is 486 g/mol. The fourth-order valence-electron chi connectivity index (χ4n) is 4.13. The van der Waals surface area contributed by atoms with Crippen LogP contribution in [0.2, 0.25) is 0 Å².